The molecule has 0 heterocycles. The molecular formula is C3H3BeCrO-. The van der Waals surface area contributed by atoms with Crippen LogP contribution in [0.1, 0.15) is 0 Å². The molecule has 30 valence electrons. The summed E-state index contributed by atoms with van der Waals surface area (Å²) in [6.07, 6.45) is 2.51. The van der Waals surface area contributed by atoms with Crippen LogP contribution in [0.25, 0.3) is 0 Å². The quantitative estimate of drug-likeness (QED) is 0.265. The van der Waals surface area contributed by atoms with Gasteiger partial charge in [0.05, 0.1) is 0 Å². The van der Waals surface area contributed by atoms with Crippen molar-refractivity contribution in [2.45, 2.75) is 0 Å². The van der Waals surface area contributed by atoms with Gasteiger partial charge in [0.2, 0.25) is 0 Å². The van der Waals surface area contributed by atoms with Crippen molar-refractivity contribution < 1.29 is 22.2 Å². The molecule has 1 nitrogen and oxygen atoms in total. The first kappa shape index (κ1) is 16.5. The summed E-state index contributed by atoms with van der Waals surface area (Å²) in [7, 11) is 0. The van der Waals surface area contributed by atoms with E-state index in [4.69, 9.17) is 4.79 Å². The molecule has 0 rings (SSSR count). The van der Waals surface area contributed by atoms with Crippen molar-refractivity contribution in [2.75, 3.05) is 0 Å². The SMILES string of the molecule is C=C[C-]=O.[Be].[Cr]. The van der Waals surface area contributed by atoms with Crippen molar-refractivity contribution in [1.82, 2.24) is 0 Å². The van der Waals surface area contributed by atoms with Gasteiger partial charge < -0.3 is 4.79 Å². The number of carbonyl (C=O) groups excluding carboxylic acids is 1. The molecule has 0 fully saturated rings. The molecule has 0 aromatic carbocycles. The van der Waals surface area contributed by atoms with Gasteiger partial charge in [-0.3, -0.25) is 0 Å². The Morgan fingerprint density at radius 2 is 1.83 bits per heavy atom. The van der Waals surface area contributed by atoms with Crippen LogP contribution in [-0.2, 0) is 22.2 Å². The Morgan fingerprint density at radius 3 is 1.83 bits per heavy atom. The van der Waals surface area contributed by atoms with Crippen molar-refractivity contribution in [3.8, 4) is 0 Å². The molecule has 0 aromatic heterocycles. The molecule has 0 spiro atoms. The predicted molar refractivity (Wildman–Crippen MR) is 21.6 cm³/mol. The molecule has 0 atom stereocenters. The minimum absolute atomic E-state index is 0. The number of allylic oxidation sites excluding steroid dienone is 1. The molecule has 0 unspecified atom stereocenters. The van der Waals surface area contributed by atoms with Gasteiger partial charge in [0.1, 0.15) is 0 Å². The third kappa shape index (κ3) is 32.2. The molecule has 0 N–H and O–H groups in total. The molecule has 6 heavy (non-hydrogen) atoms. The normalized spacial score (nSPS) is 3.33. The summed E-state index contributed by atoms with van der Waals surface area (Å²) in [6.45, 7) is 3.06. The van der Waals surface area contributed by atoms with Crippen LogP contribution in [0.15, 0.2) is 12.7 Å². The van der Waals surface area contributed by atoms with E-state index in [1.54, 1.807) is 0 Å². The first-order valence-corrected chi connectivity index (χ1v) is 0.901. The Morgan fingerprint density at radius 1 is 1.67 bits per heavy atom. The zero-order valence-corrected chi connectivity index (χ0v) is 4.58. The second-order valence-corrected chi connectivity index (χ2v) is 0.322. The van der Waals surface area contributed by atoms with Crippen molar-refractivity contribution in [2.24, 2.45) is 0 Å². The van der Waals surface area contributed by atoms with Crippen LogP contribution >= 0.6 is 0 Å². The Labute approximate surface area is 51.8 Å². The second kappa shape index (κ2) is 19.4. The van der Waals surface area contributed by atoms with Gasteiger partial charge in [0, 0.05) is 27.5 Å². The van der Waals surface area contributed by atoms with Crippen molar-refractivity contribution in [3.63, 3.8) is 0 Å². The topological polar surface area (TPSA) is 17.1 Å². The summed E-state index contributed by atoms with van der Waals surface area (Å²) >= 11 is 0. The fourth-order valence-electron chi connectivity index (χ4n) is 0. The van der Waals surface area contributed by atoms with Crippen LogP contribution in [0.5, 0.6) is 0 Å². The fraction of sp³-hybridized carbons (Fsp3) is 0. The Kier molecular flexibility index (Phi) is 53.3. The van der Waals surface area contributed by atoms with Gasteiger partial charge in [-0.1, -0.05) is 0 Å². The van der Waals surface area contributed by atoms with Gasteiger partial charge in [0.25, 0.3) is 0 Å². The maximum absolute atomic E-state index is 8.93. The van der Waals surface area contributed by atoms with E-state index in [-0.39, 0.29) is 27.5 Å². The van der Waals surface area contributed by atoms with Crippen LogP contribution in [0.4, 0.5) is 0 Å². The van der Waals surface area contributed by atoms with Crippen LogP contribution in [0.3, 0.4) is 0 Å². The van der Waals surface area contributed by atoms with Crippen LogP contribution < -0.4 is 0 Å². The smallest absolute Gasteiger partial charge is 0 e. The van der Waals surface area contributed by atoms with Crippen molar-refractivity contribution >= 4 is 16.4 Å². The maximum Gasteiger partial charge on any atom is 0 e. The molecule has 0 aliphatic carbocycles. The molecule has 0 aliphatic rings. The van der Waals surface area contributed by atoms with Gasteiger partial charge in [-0.15, -0.1) is 0 Å². The fourth-order valence-corrected chi connectivity index (χ4v) is 0. The minimum Gasteiger partial charge on any atom is -0.419 e. The van der Waals surface area contributed by atoms with Crippen LogP contribution in [-0.4, -0.2) is 16.4 Å². The summed E-state index contributed by atoms with van der Waals surface area (Å²) in [5, 5.41) is 0. The van der Waals surface area contributed by atoms with Gasteiger partial charge in [-0.05, 0) is 6.29 Å². The second-order valence-electron chi connectivity index (χ2n) is 0.322. The van der Waals surface area contributed by atoms with Crippen molar-refractivity contribution in [3.05, 3.63) is 12.7 Å². The predicted octanol–water partition coefficient (Wildman–Crippen LogP) is -0.101. The average molecular weight is 116 g/mol. The van der Waals surface area contributed by atoms with E-state index < -0.39 is 0 Å². The molecule has 2 radical (unpaired) electrons. The first-order chi connectivity index (χ1) is 1.91. The Balaban J connectivity index is -0.0000000450. The summed E-state index contributed by atoms with van der Waals surface area (Å²) in [5.41, 5.74) is 0. The molecule has 3 heteroatoms. The van der Waals surface area contributed by atoms with E-state index in [9.17, 15) is 0 Å². The van der Waals surface area contributed by atoms with Gasteiger partial charge in [0.15, 0.2) is 0 Å². The molecule has 0 bridgehead atoms. The summed E-state index contributed by atoms with van der Waals surface area (Å²) in [6, 6.07) is 0. The number of rotatable bonds is 1. The molecule has 0 saturated carbocycles. The van der Waals surface area contributed by atoms with E-state index in [1.807, 2.05) is 0 Å². The third-order valence-corrected chi connectivity index (χ3v) is 0.0833. The maximum atomic E-state index is 8.93. The summed E-state index contributed by atoms with van der Waals surface area (Å²) in [4.78, 5) is 8.93. The largest absolute Gasteiger partial charge is 0.419 e. The monoisotopic (exact) mass is 116 g/mol. The Hall–Kier alpha value is 0.111. The van der Waals surface area contributed by atoms with Crippen molar-refractivity contribution in [1.29, 1.82) is 0 Å². The van der Waals surface area contributed by atoms with Crippen LogP contribution in [0.2, 0.25) is 0 Å². The molecular weight excluding hydrogens is 113 g/mol. The number of hydrogen-bond acceptors (Lipinski definition) is 1. The zero-order valence-electron chi connectivity index (χ0n) is 3.31. The van der Waals surface area contributed by atoms with Gasteiger partial charge in [-0.2, -0.15) is 0 Å². The Bertz CT molecular complexity index is 31.8. The first-order valence-electron chi connectivity index (χ1n) is 0.901. The minimum atomic E-state index is 0. The molecule has 0 saturated heterocycles. The molecule has 0 aromatic rings. The van der Waals surface area contributed by atoms with E-state index in [0.717, 1.165) is 6.08 Å². The molecule has 0 aliphatic heterocycles. The van der Waals surface area contributed by atoms with Crippen LogP contribution in [0, 0.1) is 0 Å². The summed E-state index contributed by atoms with van der Waals surface area (Å²) in [5.74, 6) is 0. The van der Waals surface area contributed by atoms with E-state index in [2.05, 4.69) is 6.58 Å². The zero-order chi connectivity index (χ0) is 3.41. The van der Waals surface area contributed by atoms with Gasteiger partial charge >= 0.3 is 0 Å². The summed E-state index contributed by atoms with van der Waals surface area (Å²) < 4.78 is 0. The van der Waals surface area contributed by atoms with E-state index in [1.165, 1.54) is 6.29 Å². The third-order valence-electron chi connectivity index (χ3n) is 0.0833. The van der Waals surface area contributed by atoms with E-state index >= 15 is 0 Å². The van der Waals surface area contributed by atoms with Gasteiger partial charge in [-0.25, -0.2) is 12.7 Å². The molecule has 0 amide bonds. The van der Waals surface area contributed by atoms with E-state index in [0.29, 0.717) is 0 Å². The standard InChI is InChI=1S/C3H3O.Be.Cr/c1-2-3-4;;/h2H,1H2;;/q-1;;. The average Bonchev–Trinajstić information content (AvgIpc) is 1.37. The number of hydrogen-bond donors (Lipinski definition) is 0.